The van der Waals surface area contributed by atoms with Crippen molar-refractivity contribution in [2.45, 2.75) is 51.0 Å². The Labute approximate surface area is 175 Å². The molecule has 0 aromatic heterocycles. The van der Waals surface area contributed by atoms with Gasteiger partial charge in [-0.2, -0.15) is 0 Å². The minimum absolute atomic E-state index is 0.183. The summed E-state index contributed by atoms with van der Waals surface area (Å²) >= 11 is 0. The predicted molar refractivity (Wildman–Crippen MR) is 119 cm³/mol. The van der Waals surface area contributed by atoms with E-state index in [2.05, 4.69) is 34.4 Å². The molecule has 3 rings (SSSR count). The Morgan fingerprint density at radius 2 is 1.72 bits per heavy atom. The smallest absolute Gasteiger partial charge is 0.191 e. The molecule has 0 aliphatic carbocycles. The lowest BCUT2D eigenvalue weighted by atomic mass is 9.84. The van der Waals surface area contributed by atoms with Gasteiger partial charge in [-0.1, -0.05) is 18.6 Å². The molecule has 0 radical (unpaired) electrons. The largest absolute Gasteiger partial charge is 0.357 e. The van der Waals surface area contributed by atoms with Gasteiger partial charge in [-0.3, -0.25) is 9.89 Å². The summed E-state index contributed by atoms with van der Waals surface area (Å²) in [6.07, 6.45) is 7.24. The van der Waals surface area contributed by atoms with Gasteiger partial charge in [-0.25, -0.2) is 4.39 Å². The second-order valence-electron chi connectivity index (χ2n) is 8.57. The molecule has 2 aliphatic rings. The van der Waals surface area contributed by atoms with Crippen LogP contribution in [0.4, 0.5) is 4.39 Å². The predicted octanol–water partition coefficient (Wildman–Crippen LogP) is 2.87. The fraction of sp³-hybridized carbons (Fsp3) is 0.696. The van der Waals surface area contributed by atoms with Crippen LogP contribution in [0.2, 0.25) is 0 Å². The van der Waals surface area contributed by atoms with Crippen LogP contribution in [0.5, 0.6) is 0 Å². The number of benzene rings is 1. The molecule has 1 aromatic rings. The molecule has 0 spiro atoms. The Morgan fingerprint density at radius 1 is 1.03 bits per heavy atom. The highest BCUT2D eigenvalue weighted by atomic mass is 19.1. The molecule has 162 valence electrons. The summed E-state index contributed by atoms with van der Waals surface area (Å²) in [5, 5.41) is 6.86. The first kappa shape index (κ1) is 22.0. The van der Waals surface area contributed by atoms with E-state index in [1.165, 1.54) is 57.3 Å². The van der Waals surface area contributed by atoms with Crippen LogP contribution in [-0.2, 0) is 6.42 Å². The Kier molecular flexibility index (Phi) is 8.30. The molecule has 6 heteroatoms. The number of hydrogen-bond donors (Lipinski definition) is 2. The summed E-state index contributed by atoms with van der Waals surface area (Å²) < 4.78 is 13.1. The topological polar surface area (TPSA) is 42.9 Å². The van der Waals surface area contributed by atoms with Crippen LogP contribution in [0.1, 0.15) is 44.6 Å². The molecule has 0 unspecified atom stereocenters. The van der Waals surface area contributed by atoms with E-state index in [0.29, 0.717) is 0 Å². The third kappa shape index (κ3) is 6.41. The van der Waals surface area contributed by atoms with Crippen molar-refractivity contribution in [3.8, 4) is 0 Å². The maximum Gasteiger partial charge on any atom is 0.191 e. The van der Waals surface area contributed by atoms with Crippen molar-refractivity contribution in [3.05, 3.63) is 35.6 Å². The molecule has 5 nitrogen and oxygen atoms in total. The van der Waals surface area contributed by atoms with Gasteiger partial charge in [-0.05, 0) is 90.0 Å². The second-order valence-corrected chi connectivity index (χ2v) is 8.57. The quantitative estimate of drug-likeness (QED) is 0.543. The van der Waals surface area contributed by atoms with Gasteiger partial charge < -0.3 is 15.5 Å². The van der Waals surface area contributed by atoms with Crippen LogP contribution < -0.4 is 10.6 Å². The highest BCUT2D eigenvalue weighted by molar-refractivity contribution is 5.79. The van der Waals surface area contributed by atoms with Crippen LogP contribution >= 0.6 is 0 Å². The molecule has 2 heterocycles. The summed E-state index contributed by atoms with van der Waals surface area (Å²) in [6, 6.07) is 6.75. The summed E-state index contributed by atoms with van der Waals surface area (Å²) in [4.78, 5) is 10.2. The number of hydrogen-bond acceptors (Lipinski definition) is 3. The fourth-order valence-corrected chi connectivity index (χ4v) is 4.52. The molecule has 2 fully saturated rings. The summed E-state index contributed by atoms with van der Waals surface area (Å²) in [7, 11) is 2.23. The van der Waals surface area contributed by atoms with E-state index in [-0.39, 0.29) is 11.4 Å². The molecular weight excluding hydrogens is 365 g/mol. The molecule has 0 bridgehead atoms. The van der Waals surface area contributed by atoms with Crippen molar-refractivity contribution in [1.82, 2.24) is 20.4 Å². The van der Waals surface area contributed by atoms with Crippen molar-refractivity contribution in [2.24, 2.45) is 4.99 Å². The average Bonchev–Trinajstić information content (AvgIpc) is 2.75. The molecular formula is C23H38FN5. The summed E-state index contributed by atoms with van der Waals surface area (Å²) in [6.45, 7) is 9.33. The molecule has 29 heavy (non-hydrogen) atoms. The lowest BCUT2D eigenvalue weighted by Gasteiger charge is -2.49. The van der Waals surface area contributed by atoms with E-state index in [0.717, 1.165) is 50.7 Å². The number of rotatable bonds is 7. The monoisotopic (exact) mass is 403 g/mol. The van der Waals surface area contributed by atoms with Crippen molar-refractivity contribution >= 4 is 5.96 Å². The van der Waals surface area contributed by atoms with E-state index in [1.807, 2.05) is 12.1 Å². The SMILES string of the molecule is CCNC(=NCC1(N2CCCCC2)CCN(C)CC1)NCCc1ccc(F)cc1. The van der Waals surface area contributed by atoms with Gasteiger partial charge >= 0.3 is 0 Å². The second kappa shape index (κ2) is 10.9. The Balaban J connectivity index is 1.61. The molecule has 2 saturated heterocycles. The third-order valence-corrected chi connectivity index (χ3v) is 6.44. The van der Waals surface area contributed by atoms with Gasteiger partial charge in [0.1, 0.15) is 5.82 Å². The van der Waals surface area contributed by atoms with Crippen molar-refractivity contribution in [3.63, 3.8) is 0 Å². The van der Waals surface area contributed by atoms with Crippen LogP contribution in [0.25, 0.3) is 0 Å². The van der Waals surface area contributed by atoms with Crippen molar-refractivity contribution < 1.29 is 4.39 Å². The van der Waals surface area contributed by atoms with E-state index >= 15 is 0 Å². The van der Waals surface area contributed by atoms with Gasteiger partial charge in [0.15, 0.2) is 5.96 Å². The first-order chi connectivity index (χ1) is 14.1. The van der Waals surface area contributed by atoms with E-state index in [9.17, 15) is 4.39 Å². The number of aliphatic imine (C=N–C) groups is 1. The van der Waals surface area contributed by atoms with Gasteiger partial charge in [0.05, 0.1) is 6.54 Å². The standard InChI is InChI=1S/C23H38FN5/c1-3-25-22(26-14-11-20-7-9-21(24)10-8-20)27-19-23(12-17-28(2)18-13-23)29-15-5-4-6-16-29/h7-10H,3-6,11-19H2,1-2H3,(H2,25,26,27). The maximum absolute atomic E-state index is 13.1. The highest BCUT2D eigenvalue weighted by Crippen LogP contribution is 2.31. The normalized spacial score (nSPS) is 21.1. The maximum atomic E-state index is 13.1. The first-order valence-corrected chi connectivity index (χ1v) is 11.3. The number of halogens is 1. The van der Waals surface area contributed by atoms with Crippen LogP contribution in [0.15, 0.2) is 29.3 Å². The molecule has 0 saturated carbocycles. The molecule has 0 atom stereocenters. The van der Waals surface area contributed by atoms with Crippen molar-refractivity contribution in [1.29, 1.82) is 0 Å². The molecule has 2 N–H and O–H groups in total. The lowest BCUT2D eigenvalue weighted by molar-refractivity contribution is 0.0208. The molecule has 2 aliphatic heterocycles. The Morgan fingerprint density at radius 3 is 2.38 bits per heavy atom. The summed E-state index contributed by atoms with van der Waals surface area (Å²) in [5.41, 5.74) is 1.33. The Bertz CT molecular complexity index is 631. The zero-order chi connectivity index (χ0) is 20.5. The first-order valence-electron chi connectivity index (χ1n) is 11.3. The number of guanidine groups is 1. The third-order valence-electron chi connectivity index (χ3n) is 6.44. The number of piperidine rings is 2. The minimum Gasteiger partial charge on any atom is -0.357 e. The van der Waals surface area contributed by atoms with E-state index < -0.39 is 0 Å². The van der Waals surface area contributed by atoms with Gasteiger partial charge in [-0.15, -0.1) is 0 Å². The van der Waals surface area contributed by atoms with Gasteiger partial charge in [0, 0.05) is 18.6 Å². The minimum atomic E-state index is -0.183. The van der Waals surface area contributed by atoms with Crippen molar-refractivity contribution in [2.75, 3.05) is 52.9 Å². The van der Waals surface area contributed by atoms with Gasteiger partial charge in [0.2, 0.25) is 0 Å². The molecule has 1 aromatic carbocycles. The van der Waals surface area contributed by atoms with Crippen LogP contribution in [0.3, 0.4) is 0 Å². The van der Waals surface area contributed by atoms with Gasteiger partial charge in [0.25, 0.3) is 0 Å². The zero-order valence-corrected chi connectivity index (χ0v) is 18.2. The van der Waals surface area contributed by atoms with Crippen LogP contribution in [-0.4, -0.2) is 74.2 Å². The summed E-state index contributed by atoms with van der Waals surface area (Å²) in [5.74, 6) is 0.711. The van der Waals surface area contributed by atoms with E-state index in [4.69, 9.17) is 4.99 Å². The zero-order valence-electron chi connectivity index (χ0n) is 18.2. The van der Waals surface area contributed by atoms with E-state index in [1.54, 1.807) is 0 Å². The average molecular weight is 404 g/mol. The Hall–Kier alpha value is -1.66. The molecule has 0 amide bonds. The number of likely N-dealkylation sites (tertiary alicyclic amines) is 2. The fourth-order valence-electron chi connectivity index (χ4n) is 4.52. The highest BCUT2D eigenvalue weighted by Gasteiger charge is 2.39. The lowest BCUT2D eigenvalue weighted by Crippen LogP contribution is -2.58. The number of nitrogens with zero attached hydrogens (tertiary/aromatic N) is 3. The number of nitrogens with one attached hydrogen (secondary N) is 2. The van der Waals surface area contributed by atoms with Crippen LogP contribution in [0, 0.1) is 5.82 Å².